The smallest absolute Gasteiger partial charge is 0.238 e. The summed E-state index contributed by atoms with van der Waals surface area (Å²) in [6, 6.07) is 9.50. The number of ketones is 1. The van der Waals surface area contributed by atoms with Crippen LogP contribution >= 0.6 is 11.3 Å². The van der Waals surface area contributed by atoms with Gasteiger partial charge in [-0.3, -0.25) is 4.79 Å². The molecular formula is C25H28N6O3S. The molecule has 3 aromatic rings. The van der Waals surface area contributed by atoms with Crippen LogP contribution in [0, 0.1) is 5.41 Å². The van der Waals surface area contributed by atoms with E-state index in [1.807, 2.05) is 30.3 Å². The lowest BCUT2D eigenvalue weighted by Crippen LogP contribution is -2.43. The van der Waals surface area contributed by atoms with Gasteiger partial charge in [-0.1, -0.05) is 25.2 Å². The van der Waals surface area contributed by atoms with Gasteiger partial charge in [0.15, 0.2) is 16.7 Å². The van der Waals surface area contributed by atoms with E-state index in [1.54, 1.807) is 0 Å². The first kappa shape index (κ1) is 22.2. The lowest BCUT2D eigenvalue weighted by molar-refractivity contribution is 0.0916. The third-order valence-electron chi connectivity index (χ3n) is 6.54. The molecule has 0 bridgehead atoms. The summed E-state index contributed by atoms with van der Waals surface area (Å²) in [7, 11) is 0. The zero-order chi connectivity index (χ0) is 24.0. The molecule has 2 aliphatic heterocycles. The molecule has 0 unspecified atom stereocenters. The van der Waals surface area contributed by atoms with Crippen LogP contribution in [0.5, 0.6) is 17.4 Å². The molecule has 35 heavy (non-hydrogen) atoms. The highest BCUT2D eigenvalue weighted by atomic mass is 32.1. The van der Waals surface area contributed by atoms with Gasteiger partial charge in [0.2, 0.25) is 5.88 Å². The van der Waals surface area contributed by atoms with E-state index >= 15 is 0 Å². The second kappa shape index (κ2) is 8.76. The molecule has 182 valence electrons. The van der Waals surface area contributed by atoms with Gasteiger partial charge in [0.1, 0.15) is 18.1 Å². The van der Waals surface area contributed by atoms with Crippen molar-refractivity contribution in [2.75, 3.05) is 49.1 Å². The average Bonchev–Trinajstić information content (AvgIpc) is 3.28. The number of hydrogen-bond acceptors (Lipinski definition) is 10. The third kappa shape index (κ3) is 4.43. The van der Waals surface area contributed by atoms with Gasteiger partial charge in [-0.15, -0.1) is 10.2 Å². The van der Waals surface area contributed by atoms with Crippen LogP contribution < -0.4 is 24.6 Å². The SMILES string of the molecule is CC1(C)CC(=O)c2sc(N3CCOc4ccc(Oc5ccc(N6CCNCC6)nn5)cc43)nc2C1. The van der Waals surface area contributed by atoms with Gasteiger partial charge >= 0.3 is 0 Å². The summed E-state index contributed by atoms with van der Waals surface area (Å²) < 4.78 is 11.9. The molecule has 9 nitrogen and oxygen atoms in total. The number of nitrogens with one attached hydrogen (secondary N) is 1. The van der Waals surface area contributed by atoms with Gasteiger partial charge in [0.05, 0.1) is 22.8 Å². The first-order chi connectivity index (χ1) is 16.9. The largest absolute Gasteiger partial charge is 0.490 e. The lowest BCUT2D eigenvalue weighted by atomic mass is 9.78. The van der Waals surface area contributed by atoms with Crippen molar-refractivity contribution in [3.05, 3.63) is 40.9 Å². The van der Waals surface area contributed by atoms with E-state index in [0.717, 1.165) is 65.6 Å². The number of thiazole rings is 1. The fourth-order valence-corrected chi connectivity index (χ4v) is 5.89. The number of ether oxygens (including phenoxy) is 2. The third-order valence-corrected chi connectivity index (χ3v) is 7.70. The Hall–Kier alpha value is -3.24. The second-order valence-corrected chi connectivity index (χ2v) is 10.9. The van der Waals surface area contributed by atoms with E-state index in [9.17, 15) is 4.79 Å². The van der Waals surface area contributed by atoms with Gasteiger partial charge in [0.25, 0.3) is 0 Å². The summed E-state index contributed by atoms with van der Waals surface area (Å²) in [5.41, 5.74) is 1.73. The van der Waals surface area contributed by atoms with Crippen molar-refractivity contribution in [1.29, 1.82) is 0 Å². The number of anilines is 3. The van der Waals surface area contributed by atoms with Crippen LogP contribution in [0.15, 0.2) is 30.3 Å². The fourth-order valence-electron chi connectivity index (χ4n) is 4.83. The summed E-state index contributed by atoms with van der Waals surface area (Å²) >= 11 is 1.48. The van der Waals surface area contributed by atoms with Crippen molar-refractivity contribution in [2.24, 2.45) is 5.41 Å². The Morgan fingerprint density at radius 1 is 1.09 bits per heavy atom. The highest BCUT2D eigenvalue weighted by Gasteiger charge is 2.35. The molecule has 0 amide bonds. The molecule has 1 fully saturated rings. The summed E-state index contributed by atoms with van der Waals surface area (Å²) in [5, 5.41) is 12.8. The Morgan fingerprint density at radius 3 is 2.74 bits per heavy atom. The summed E-state index contributed by atoms with van der Waals surface area (Å²) in [5.74, 6) is 2.89. The number of fused-ring (bicyclic) bond motifs is 2. The number of benzene rings is 1. The molecule has 6 rings (SSSR count). The van der Waals surface area contributed by atoms with Crippen molar-refractivity contribution in [3.8, 4) is 17.4 Å². The summed E-state index contributed by atoms with van der Waals surface area (Å²) in [6.07, 6.45) is 1.38. The number of carbonyl (C=O) groups excluding carboxylic acids is 1. The summed E-state index contributed by atoms with van der Waals surface area (Å²) in [4.78, 5) is 22.7. The number of piperazine rings is 1. The van der Waals surface area contributed by atoms with Crippen molar-refractivity contribution in [2.45, 2.75) is 26.7 Å². The summed E-state index contributed by atoms with van der Waals surface area (Å²) in [6.45, 7) is 9.18. The average molecular weight is 493 g/mol. The topological polar surface area (TPSA) is 92.7 Å². The van der Waals surface area contributed by atoms with Crippen molar-refractivity contribution in [3.63, 3.8) is 0 Å². The van der Waals surface area contributed by atoms with Gasteiger partial charge < -0.3 is 24.6 Å². The zero-order valence-corrected chi connectivity index (χ0v) is 20.7. The molecule has 0 saturated carbocycles. The molecule has 0 spiro atoms. The van der Waals surface area contributed by atoms with E-state index in [1.165, 1.54) is 11.3 Å². The lowest BCUT2D eigenvalue weighted by Gasteiger charge is -2.29. The van der Waals surface area contributed by atoms with Crippen LogP contribution in [0.3, 0.4) is 0 Å². The number of aromatic nitrogens is 3. The Balaban J connectivity index is 1.24. The monoisotopic (exact) mass is 492 g/mol. The molecule has 1 aromatic carbocycles. The normalized spacial score (nSPS) is 19.1. The fraction of sp³-hybridized carbons (Fsp3) is 0.440. The second-order valence-electron chi connectivity index (χ2n) is 9.91. The number of rotatable bonds is 4. The van der Waals surface area contributed by atoms with Crippen LogP contribution in [0.2, 0.25) is 0 Å². The Bertz CT molecular complexity index is 1250. The van der Waals surface area contributed by atoms with Gasteiger partial charge in [0, 0.05) is 44.7 Å². The van der Waals surface area contributed by atoms with Crippen LogP contribution in [0.4, 0.5) is 16.6 Å². The van der Waals surface area contributed by atoms with E-state index in [4.69, 9.17) is 14.5 Å². The molecule has 1 saturated heterocycles. The Labute approximate surface area is 208 Å². The maximum atomic E-state index is 12.7. The molecule has 10 heteroatoms. The molecule has 3 aliphatic rings. The number of nitrogens with zero attached hydrogens (tertiary/aromatic N) is 5. The quantitative estimate of drug-likeness (QED) is 0.583. The van der Waals surface area contributed by atoms with Gasteiger partial charge in [-0.25, -0.2) is 4.98 Å². The first-order valence-corrected chi connectivity index (χ1v) is 12.8. The van der Waals surface area contributed by atoms with E-state index in [0.29, 0.717) is 31.2 Å². The number of Topliss-reactive ketones (excluding diaryl/α,β-unsaturated/α-hetero) is 1. The maximum Gasteiger partial charge on any atom is 0.238 e. The Kier molecular flexibility index (Phi) is 5.57. The minimum atomic E-state index is -0.0547. The van der Waals surface area contributed by atoms with Crippen molar-refractivity contribution >= 4 is 33.8 Å². The molecule has 0 radical (unpaired) electrons. The Morgan fingerprint density at radius 2 is 1.94 bits per heavy atom. The highest BCUT2D eigenvalue weighted by Crippen LogP contribution is 2.44. The van der Waals surface area contributed by atoms with Crippen LogP contribution in [0.1, 0.15) is 35.6 Å². The minimum Gasteiger partial charge on any atom is -0.490 e. The number of hydrogen-bond donors (Lipinski definition) is 1. The van der Waals surface area contributed by atoms with Crippen molar-refractivity contribution in [1.82, 2.24) is 20.5 Å². The standard InChI is InChI=1S/C25H28N6O3S/c1-25(2)14-17-23(19(32)15-25)35-24(27-17)31-11-12-33-20-4-3-16(13-18(20)31)34-22-6-5-21(28-29-22)30-9-7-26-8-10-30/h3-6,13,26H,7-12,14-15H2,1-2H3. The van der Waals surface area contributed by atoms with Gasteiger partial charge in [-0.05, 0) is 30.0 Å². The molecule has 2 aromatic heterocycles. The van der Waals surface area contributed by atoms with Crippen LogP contribution in [0.25, 0.3) is 0 Å². The van der Waals surface area contributed by atoms with E-state index < -0.39 is 0 Å². The molecule has 0 atom stereocenters. The molecule has 4 heterocycles. The highest BCUT2D eigenvalue weighted by molar-refractivity contribution is 7.17. The maximum absolute atomic E-state index is 12.7. The molecular weight excluding hydrogens is 464 g/mol. The van der Waals surface area contributed by atoms with E-state index in [-0.39, 0.29) is 11.2 Å². The minimum absolute atomic E-state index is 0.0547. The van der Waals surface area contributed by atoms with Crippen LogP contribution in [-0.4, -0.2) is 60.3 Å². The molecule has 1 N–H and O–H groups in total. The van der Waals surface area contributed by atoms with Crippen molar-refractivity contribution < 1.29 is 14.3 Å². The predicted molar refractivity (Wildman–Crippen MR) is 135 cm³/mol. The first-order valence-electron chi connectivity index (χ1n) is 12.0. The van der Waals surface area contributed by atoms with E-state index in [2.05, 4.69) is 39.2 Å². The molecule has 1 aliphatic carbocycles. The predicted octanol–water partition coefficient (Wildman–Crippen LogP) is 3.82. The van der Waals surface area contributed by atoms with Crippen LogP contribution in [-0.2, 0) is 6.42 Å². The number of carbonyl (C=O) groups is 1. The zero-order valence-electron chi connectivity index (χ0n) is 19.9. The van der Waals surface area contributed by atoms with Gasteiger partial charge in [-0.2, -0.15) is 0 Å².